The predicted octanol–water partition coefficient (Wildman–Crippen LogP) is 5.19. The molecule has 36 heavy (non-hydrogen) atoms. The Balaban J connectivity index is 2.01. The molecule has 4 aromatic rings. The standard InChI is InChI=1S/C25H22ClN5O3S2/c1-16(32)34-25(19-10-13-28-23(30-19)35-2,20-11-14-29-24(31-20)36-3)21-18(9-12-27-22(21)26)33-15-17-7-5-4-6-8-17/h4-14H,15H2,1-3H3. The SMILES string of the molecule is CSc1nccc(C(OC(C)=O)(c2ccnc(SC)n2)c2c(OCc3ccccc3)ccnc2Cl)n1. The van der Waals surface area contributed by atoms with Crippen LogP contribution < -0.4 is 4.74 Å². The van der Waals surface area contributed by atoms with Crippen molar-refractivity contribution in [2.45, 2.75) is 29.4 Å². The van der Waals surface area contributed by atoms with Gasteiger partial charge in [0.2, 0.25) is 5.60 Å². The van der Waals surface area contributed by atoms with Crippen molar-refractivity contribution in [1.82, 2.24) is 24.9 Å². The summed E-state index contributed by atoms with van der Waals surface area (Å²) >= 11 is 9.45. The molecule has 0 unspecified atom stereocenters. The van der Waals surface area contributed by atoms with E-state index in [-0.39, 0.29) is 11.8 Å². The van der Waals surface area contributed by atoms with Crippen molar-refractivity contribution >= 4 is 41.1 Å². The van der Waals surface area contributed by atoms with Crippen molar-refractivity contribution in [3.8, 4) is 5.75 Å². The number of hydrogen-bond donors (Lipinski definition) is 0. The molecule has 3 aromatic heterocycles. The van der Waals surface area contributed by atoms with Gasteiger partial charge in [0.25, 0.3) is 0 Å². The highest BCUT2D eigenvalue weighted by Gasteiger charge is 2.48. The lowest BCUT2D eigenvalue weighted by molar-refractivity contribution is -0.151. The summed E-state index contributed by atoms with van der Waals surface area (Å²) < 4.78 is 12.4. The number of halogens is 1. The summed E-state index contributed by atoms with van der Waals surface area (Å²) in [6.45, 7) is 1.57. The van der Waals surface area contributed by atoms with Crippen molar-refractivity contribution in [2.24, 2.45) is 0 Å². The number of carbonyl (C=O) groups is 1. The van der Waals surface area contributed by atoms with Gasteiger partial charge in [0.1, 0.15) is 17.5 Å². The molecule has 0 spiro atoms. The van der Waals surface area contributed by atoms with Crippen LogP contribution in [0.1, 0.15) is 29.4 Å². The summed E-state index contributed by atoms with van der Waals surface area (Å²) in [5.41, 5.74) is 0.260. The minimum Gasteiger partial charge on any atom is -0.488 e. The first-order valence-electron chi connectivity index (χ1n) is 10.7. The second-order valence-electron chi connectivity index (χ2n) is 7.38. The zero-order chi connectivity index (χ0) is 25.5. The molecule has 1 aromatic carbocycles. The predicted molar refractivity (Wildman–Crippen MR) is 139 cm³/mol. The average Bonchev–Trinajstić information content (AvgIpc) is 2.91. The van der Waals surface area contributed by atoms with Crippen LogP contribution in [0, 0.1) is 0 Å². The van der Waals surface area contributed by atoms with Crippen LogP contribution in [0.3, 0.4) is 0 Å². The molecule has 0 fully saturated rings. The molecule has 0 atom stereocenters. The largest absolute Gasteiger partial charge is 0.488 e. The van der Waals surface area contributed by atoms with Crippen molar-refractivity contribution in [3.63, 3.8) is 0 Å². The van der Waals surface area contributed by atoms with Gasteiger partial charge in [-0.05, 0) is 36.3 Å². The van der Waals surface area contributed by atoms with Crippen LogP contribution in [0.4, 0.5) is 0 Å². The van der Waals surface area contributed by atoms with E-state index in [0.29, 0.717) is 33.0 Å². The number of benzene rings is 1. The number of esters is 1. The van der Waals surface area contributed by atoms with Crippen LogP contribution in [0.15, 0.2) is 77.4 Å². The van der Waals surface area contributed by atoms with Crippen LogP contribution >= 0.6 is 35.1 Å². The number of thioether (sulfide) groups is 2. The number of carbonyl (C=O) groups excluding carboxylic acids is 1. The Labute approximate surface area is 222 Å². The Kier molecular flexibility index (Phi) is 8.40. The highest BCUT2D eigenvalue weighted by molar-refractivity contribution is 7.98. The van der Waals surface area contributed by atoms with Gasteiger partial charge in [-0.25, -0.2) is 24.9 Å². The molecule has 0 aliphatic rings. The Morgan fingerprint density at radius 1 is 0.889 bits per heavy atom. The summed E-state index contributed by atoms with van der Waals surface area (Å²) in [4.78, 5) is 34.9. The molecule has 0 bridgehead atoms. The molecule has 184 valence electrons. The maximum Gasteiger partial charge on any atom is 0.304 e. The van der Waals surface area contributed by atoms with Crippen molar-refractivity contribution in [1.29, 1.82) is 0 Å². The van der Waals surface area contributed by atoms with Crippen molar-refractivity contribution in [3.05, 3.63) is 94.8 Å². The number of rotatable bonds is 9. The van der Waals surface area contributed by atoms with E-state index in [1.807, 2.05) is 42.8 Å². The fraction of sp³-hybridized carbons (Fsp3) is 0.200. The summed E-state index contributed by atoms with van der Waals surface area (Å²) in [6.07, 6.45) is 8.43. The number of hydrogen-bond acceptors (Lipinski definition) is 10. The molecule has 3 heterocycles. The lowest BCUT2D eigenvalue weighted by Crippen LogP contribution is -2.38. The number of nitrogens with zero attached hydrogens (tertiary/aromatic N) is 5. The van der Waals surface area contributed by atoms with Gasteiger partial charge in [-0.2, -0.15) is 0 Å². The fourth-order valence-electron chi connectivity index (χ4n) is 3.62. The first-order valence-corrected chi connectivity index (χ1v) is 13.6. The summed E-state index contributed by atoms with van der Waals surface area (Å²) in [7, 11) is 0. The summed E-state index contributed by atoms with van der Waals surface area (Å²) in [6, 6.07) is 14.7. The van der Waals surface area contributed by atoms with E-state index in [4.69, 9.17) is 31.0 Å². The molecule has 0 saturated heterocycles. The normalized spacial score (nSPS) is 11.2. The van der Waals surface area contributed by atoms with Crippen molar-refractivity contribution < 1.29 is 14.3 Å². The van der Waals surface area contributed by atoms with E-state index in [1.54, 1.807) is 30.6 Å². The van der Waals surface area contributed by atoms with Gasteiger partial charge >= 0.3 is 5.97 Å². The summed E-state index contributed by atoms with van der Waals surface area (Å²) in [5, 5.41) is 1.04. The minimum absolute atomic E-state index is 0.0791. The molecule has 0 amide bonds. The highest BCUT2D eigenvalue weighted by Crippen LogP contribution is 2.46. The van der Waals surface area contributed by atoms with Gasteiger partial charge in [0.05, 0.1) is 17.0 Å². The topological polar surface area (TPSA) is 100.0 Å². The second kappa shape index (κ2) is 11.7. The van der Waals surface area contributed by atoms with Crippen LogP contribution in [0.2, 0.25) is 5.15 Å². The Morgan fingerprint density at radius 3 is 2.03 bits per heavy atom. The molecule has 4 rings (SSSR count). The number of ether oxygens (including phenoxy) is 2. The van der Waals surface area contributed by atoms with Gasteiger partial charge in [-0.1, -0.05) is 65.5 Å². The molecule has 8 nitrogen and oxygen atoms in total. The molecule has 0 aliphatic carbocycles. The van der Waals surface area contributed by atoms with E-state index in [0.717, 1.165) is 5.56 Å². The Bertz CT molecular complexity index is 1310. The molecule has 0 radical (unpaired) electrons. The number of pyridine rings is 1. The van der Waals surface area contributed by atoms with Crippen LogP contribution in [-0.2, 0) is 21.7 Å². The lowest BCUT2D eigenvalue weighted by atomic mass is 9.86. The first-order chi connectivity index (χ1) is 17.5. The molecule has 0 saturated carbocycles. The van der Waals surface area contributed by atoms with Gasteiger partial charge < -0.3 is 9.47 Å². The van der Waals surface area contributed by atoms with Gasteiger partial charge in [-0.3, -0.25) is 4.79 Å². The molecule has 0 N–H and O–H groups in total. The first kappa shape index (κ1) is 25.9. The zero-order valence-corrected chi connectivity index (χ0v) is 22.1. The smallest absolute Gasteiger partial charge is 0.304 e. The molecule has 11 heteroatoms. The maximum absolute atomic E-state index is 12.7. The second-order valence-corrected chi connectivity index (χ2v) is 9.29. The van der Waals surface area contributed by atoms with Crippen LogP contribution in [-0.4, -0.2) is 43.4 Å². The maximum atomic E-state index is 12.7. The van der Waals surface area contributed by atoms with E-state index in [1.165, 1.54) is 36.6 Å². The van der Waals surface area contributed by atoms with E-state index >= 15 is 0 Å². The highest BCUT2D eigenvalue weighted by atomic mass is 35.5. The zero-order valence-electron chi connectivity index (χ0n) is 19.7. The van der Waals surface area contributed by atoms with Crippen LogP contribution in [0.5, 0.6) is 5.75 Å². The summed E-state index contributed by atoms with van der Waals surface area (Å²) in [5.74, 6) is -0.203. The third-order valence-corrected chi connectivity index (χ3v) is 6.52. The number of aromatic nitrogens is 5. The Morgan fingerprint density at radius 2 is 1.47 bits per heavy atom. The monoisotopic (exact) mass is 539 g/mol. The van der Waals surface area contributed by atoms with Gasteiger partial charge in [-0.15, -0.1) is 0 Å². The molecular formula is C25H22ClN5O3S2. The Hall–Kier alpha value is -3.21. The third kappa shape index (κ3) is 5.45. The average molecular weight is 540 g/mol. The minimum atomic E-state index is -1.69. The quantitative estimate of drug-likeness (QED) is 0.122. The van der Waals surface area contributed by atoms with Gasteiger partial charge in [0.15, 0.2) is 10.3 Å². The fourth-order valence-corrected chi connectivity index (χ4v) is 4.62. The van der Waals surface area contributed by atoms with Gasteiger partial charge in [0, 0.05) is 25.5 Å². The van der Waals surface area contributed by atoms with E-state index in [2.05, 4.69) is 15.0 Å². The lowest BCUT2D eigenvalue weighted by Gasteiger charge is -2.34. The molecule has 0 aliphatic heterocycles. The van der Waals surface area contributed by atoms with E-state index < -0.39 is 11.6 Å². The van der Waals surface area contributed by atoms with E-state index in [9.17, 15) is 4.79 Å². The van der Waals surface area contributed by atoms with Crippen molar-refractivity contribution in [2.75, 3.05) is 12.5 Å². The third-order valence-electron chi connectivity index (χ3n) is 5.11. The van der Waals surface area contributed by atoms with Crippen LogP contribution in [0.25, 0.3) is 0 Å². The molecular weight excluding hydrogens is 518 g/mol.